The van der Waals surface area contributed by atoms with Crippen LogP contribution in [0.25, 0.3) is 0 Å². The van der Waals surface area contributed by atoms with E-state index in [0.29, 0.717) is 28.8 Å². The first kappa shape index (κ1) is 26.2. The van der Waals surface area contributed by atoms with Crippen LogP contribution in [0.4, 0.5) is 5.00 Å². The lowest BCUT2D eigenvalue weighted by Gasteiger charge is -2.30. The third-order valence-electron chi connectivity index (χ3n) is 5.78. The van der Waals surface area contributed by atoms with Crippen molar-refractivity contribution in [3.05, 3.63) is 40.3 Å². The van der Waals surface area contributed by atoms with Gasteiger partial charge in [0.1, 0.15) is 10.8 Å². The van der Waals surface area contributed by atoms with Gasteiger partial charge in [0.2, 0.25) is 5.91 Å². The molecule has 1 amide bonds. The molecule has 1 aromatic carbocycles. The van der Waals surface area contributed by atoms with E-state index < -0.39 is 15.8 Å². The van der Waals surface area contributed by atoms with Gasteiger partial charge in [-0.1, -0.05) is 0 Å². The summed E-state index contributed by atoms with van der Waals surface area (Å²) in [6.45, 7) is 7.82. The first-order valence-corrected chi connectivity index (χ1v) is 13.9. The molecule has 0 saturated heterocycles. The lowest BCUT2D eigenvalue weighted by Crippen LogP contribution is -2.35. The molecule has 0 fully saturated rings. The third-order valence-corrected chi connectivity index (χ3v) is 8.73. The maximum absolute atomic E-state index is 12.7. The van der Waals surface area contributed by atoms with Gasteiger partial charge in [0, 0.05) is 30.4 Å². The Morgan fingerprint density at radius 2 is 1.91 bits per heavy atom. The van der Waals surface area contributed by atoms with Crippen LogP contribution in [0.2, 0.25) is 0 Å². The Morgan fingerprint density at radius 3 is 2.53 bits per heavy atom. The number of hydrogen-bond donors (Lipinski definition) is 1. The molecule has 1 N–H and O–H groups in total. The van der Waals surface area contributed by atoms with E-state index in [4.69, 9.17) is 9.47 Å². The van der Waals surface area contributed by atoms with Crippen LogP contribution in [0.5, 0.6) is 5.75 Å². The highest BCUT2D eigenvalue weighted by Gasteiger charge is 2.30. The molecule has 8 nitrogen and oxygen atoms in total. The van der Waals surface area contributed by atoms with E-state index in [1.54, 1.807) is 19.1 Å². The fourth-order valence-electron chi connectivity index (χ4n) is 3.88. The van der Waals surface area contributed by atoms with Crippen molar-refractivity contribution in [3.8, 4) is 5.75 Å². The first-order valence-electron chi connectivity index (χ1n) is 11.4. The number of nitrogens with one attached hydrogen (secondary N) is 1. The Hall–Kier alpha value is -2.43. The lowest BCUT2D eigenvalue weighted by atomic mass is 10.0. The van der Waals surface area contributed by atoms with Gasteiger partial charge in [-0.2, -0.15) is 0 Å². The molecule has 1 aliphatic heterocycles. The summed E-state index contributed by atoms with van der Waals surface area (Å²) in [5.41, 5.74) is 1.38. The van der Waals surface area contributed by atoms with E-state index in [1.165, 1.54) is 30.6 Å². The quantitative estimate of drug-likeness (QED) is 0.486. The molecule has 186 valence electrons. The number of esters is 1. The average Bonchev–Trinajstić information content (AvgIpc) is 3.16. The van der Waals surface area contributed by atoms with Gasteiger partial charge in [0.15, 0.2) is 9.84 Å². The number of fused-ring (bicyclic) bond motifs is 1. The predicted octanol–water partition coefficient (Wildman–Crippen LogP) is 3.89. The molecule has 2 heterocycles. The smallest absolute Gasteiger partial charge is 0.341 e. The van der Waals surface area contributed by atoms with E-state index in [0.717, 1.165) is 23.5 Å². The number of ether oxygens (including phenoxy) is 2. The monoisotopic (exact) mass is 508 g/mol. The summed E-state index contributed by atoms with van der Waals surface area (Å²) in [7, 11) is -2.00. The number of amides is 1. The third kappa shape index (κ3) is 6.17. The molecule has 0 radical (unpaired) electrons. The number of carbonyl (C=O) groups excluding carboxylic acids is 2. The number of benzene rings is 1. The predicted molar refractivity (Wildman–Crippen MR) is 132 cm³/mol. The standard InChI is InChI=1S/C24H32N2O6S2/c1-5-32-24(28)22-19-12-13-26(16(2)3)15-20(19)33-23(22)25-21(27)7-6-14-34(29,30)18-10-8-17(31-4)9-11-18/h8-11,16H,5-7,12-15H2,1-4H3,(H,25,27). The Kier molecular flexibility index (Phi) is 8.72. The Morgan fingerprint density at radius 1 is 1.21 bits per heavy atom. The highest BCUT2D eigenvalue weighted by atomic mass is 32.2. The zero-order valence-corrected chi connectivity index (χ0v) is 21.7. The second kappa shape index (κ2) is 11.3. The van der Waals surface area contributed by atoms with Crippen molar-refractivity contribution >= 4 is 38.1 Å². The molecule has 34 heavy (non-hydrogen) atoms. The van der Waals surface area contributed by atoms with Crippen molar-refractivity contribution in [1.82, 2.24) is 4.90 Å². The van der Waals surface area contributed by atoms with Crippen molar-refractivity contribution in [3.63, 3.8) is 0 Å². The fraction of sp³-hybridized carbons (Fsp3) is 0.500. The summed E-state index contributed by atoms with van der Waals surface area (Å²) < 4.78 is 35.5. The summed E-state index contributed by atoms with van der Waals surface area (Å²) in [4.78, 5) is 28.9. The first-order chi connectivity index (χ1) is 16.2. The molecule has 0 atom stereocenters. The van der Waals surface area contributed by atoms with Crippen molar-refractivity contribution in [2.45, 2.75) is 57.5 Å². The Labute approximate surface area is 205 Å². The van der Waals surface area contributed by atoms with Crippen LogP contribution in [-0.4, -0.2) is 57.3 Å². The molecule has 1 aliphatic rings. The molecule has 0 unspecified atom stereocenters. The molecular formula is C24H32N2O6S2. The molecule has 3 rings (SSSR count). The minimum absolute atomic E-state index is 0.0261. The summed E-state index contributed by atoms with van der Waals surface area (Å²) in [5, 5.41) is 3.32. The van der Waals surface area contributed by atoms with Crippen LogP contribution in [-0.2, 0) is 32.3 Å². The van der Waals surface area contributed by atoms with Gasteiger partial charge in [-0.05, 0) is 63.4 Å². The lowest BCUT2D eigenvalue weighted by molar-refractivity contribution is -0.116. The molecule has 10 heteroatoms. The van der Waals surface area contributed by atoms with E-state index in [9.17, 15) is 18.0 Å². The Bertz CT molecular complexity index is 1120. The number of rotatable bonds is 10. The van der Waals surface area contributed by atoms with Crippen LogP contribution >= 0.6 is 11.3 Å². The van der Waals surface area contributed by atoms with Crippen LogP contribution in [0.3, 0.4) is 0 Å². The summed E-state index contributed by atoms with van der Waals surface area (Å²) in [6.07, 6.45) is 0.910. The van der Waals surface area contributed by atoms with Gasteiger partial charge < -0.3 is 14.8 Å². The molecule has 1 aromatic heterocycles. The van der Waals surface area contributed by atoms with Crippen molar-refractivity contribution in [1.29, 1.82) is 0 Å². The van der Waals surface area contributed by atoms with Gasteiger partial charge >= 0.3 is 5.97 Å². The summed E-state index contributed by atoms with van der Waals surface area (Å²) >= 11 is 1.40. The van der Waals surface area contributed by atoms with Crippen molar-refractivity contribution < 1.29 is 27.5 Å². The van der Waals surface area contributed by atoms with E-state index >= 15 is 0 Å². The summed E-state index contributed by atoms with van der Waals surface area (Å²) in [5.74, 6) is -0.335. The zero-order chi connectivity index (χ0) is 24.9. The highest BCUT2D eigenvalue weighted by Crippen LogP contribution is 2.38. The minimum atomic E-state index is -3.51. The van der Waals surface area contributed by atoms with Gasteiger partial charge in [-0.3, -0.25) is 9.69 Å². The highest BCUT2D eigenvalue weighted by molar-refractivity contribution is 7.91. The van der Waals surface area contributed by atoms with Gasteiger partial charge in [0.05, 0.1) is 29.9 Å². The van der Waals surface area contributed by atoms with Gasteiger partial charge in [-0.25, -0.2) is 13.2 Å². The van der Waals surface area contributed by atoms with Crippen LogP contribution < -0.4 is 10.1 Å². The zero-order valence-electron chi connectivity index (χ0n) is 20.0. The molecular weight excluding hydrogens is 476 g/mol. The number of anilines is 1. The number of hydrogen-bond acceptors (Lipinski definition) is 8. The van der Waals surface area contributed by atoms with Gasteiger partial charge in [0.25, 0.3) is 0 Å². The minimum Gasteiger partial charge on any atom is -0.497 e. The SMILES string of the molecule is CCOC(=O)c1c(NC(=O)CCCS(=O)(=O)c2ccc(OC)cc2)sc2c1CCN(C(C)C)C2. The molecule has 0 saturated carbocycles. The summed E-state index contributed by atoms with van der Waals surface area (Å²) in [6, 6.07) is 6.56. The topological polar surface area (TPSA) is 102 Å². The maximum atomic E-state index is 12.7. The normalized spacial score (nSPS) is 14.0. The number of methoxy groups -OCH3 is 1. The second-order valence-corrected chi connectivity index (χ2v) is 11.6. The second-order valence-electron chi connectivity index (χ2n) is 8.39. The largest absolute Gasteiger partial charge is 0.497 e. The number of sulfone groups is 1. The maximum Gasteiger partial charge on any atom is 0.341 e. The number of nitrogens with zero attached hydrogens (tertiary/aromatic N) is 1. The van der Waals surface area contributed by atoms with E-state index in [-0.39, 0.29) is 36.0 Å². The van der Waals surface area contributed by atoms with E-state index in [2.05, 4.69) is 24.1 Å². The molecule has 0 bridgehead atoms. The molecule has 0 aliphatic carbocycles. The molecule has 2 aromatic rings. The van der Waals surface area contributed by atoms with Crippen LogP contribution in [0, 0.1) is 0 Å². The molecule has 0 spiro atoms. The van der Waals surface area contributed by atoms with E-state index in [1.807, 2.05) is 0 Å². The fourth-order valence-corrected chi connectivity index (χ4v) is 6.47. The van der Waals surface area contributed by atoms with Crippen LogP contribution in [0.15, 0.2) is 29.2 Å². The number of carbonyl (C=O) groups is 2. The average molecular weight is 509 g/mol. The van der Waals surface area contributed by atoms with Crippen LogP contribution in [0.1, 0.15) is 54.4 Å². The van der Waals surface area contributed by atoms with Crippen molar-refractivity contribution in [2.75, 3.05) is 31.3 Å². The van der Waals surface area contributed by atoms with Crippen molar-refractivity contribution in [2.24, 2.45) is 0 Å². The van der Waals surface area contributed by atoms with Gasteiger partial charge in [-0.15, -0.1) is 11.3 Å². The Balaban J connectivity index is 1.67. The number of thiophene rings is 1.